The summed E-state index contributed by atoms with van der Waals surface area (Å²) in [6, 6.07) is 15.4. The Morgan fingerprint density at radius 1 is 1.05 bits per heavy atom. The van der Waals surface area contributed by atoms with Gasteiger partial charge in [-0.05, 0) is 24.3 Å². The molecule has 1 N–H and O–H groups in total. The average molecular weight is 291 g/mol. The van der Waals surface area contributed by atoms with Gasteiger partial charge in [0.25, 0.3) is 0 Å². The van der Waals surface area contributed by atoms with E-state index in [0.29, 0.717) is 0 Å². The first-order valence-corrected chi connectivity index (χ1v) is 7.26. The van der Waals surface area contributed by atoms with E-state index in [-0.39, 0.29) is 11.8 Å². The van der Waals surface area contributed by atoms with Gasteiger partial charge in [-0.2, -0.15) is 0 Å². The van der Waals surface area contributed by atoms with Gasteiger partial charge in [-0.3, -0.25) is 9.78 Å². The molecule has 0 aliphatic rings. The Hall–Kier alpha value is -2.75. The average Bonchev–Trinajstić information content (AvgIpc) is 2.54. The summed E-state index contributed by atoms with van der Waals surface area (Å²) in [5.74, 6) is -0.0501. The molecule has 110 valence electrons. The van der Waals surface area contributed by atoms with Crippen LogP contribution in [0.4, 0.5) is 5.69 Å². The summed E-state index contributed by atoms with van der Waals surface area (Å²) in [4.78, 5) is 20.8. The van der Waals surface area contributed by atoms with E-state index in [1.807, 2.05) is 62.4 Å². The zero-order chi connectivity index (χ0) is 15.5. The highest BCUT2D eigenvalue weighted by Crippen LogP contribution is 2.22. The van der Waals surface area contributed by atoms with E-state index < -0.39 is 0 Å². The van der Waals surface area contributed by atoms with Gasteiger partial charge >= 0.3 is 0 Å². The summed E-state index contributed by atoms with van der Waals surface area (Å²) in [5.41, 5.74) is 4.22. The van der Waals surface area contributed by atoms with Crippen LogP contribution in [0.5, 0.6) is 0 Å². The fourth-order valence-electron chi connectivity index (χ4n) is 2.14. The van der Waals surface area contributed by atoms with Gasteiger partial charge in [0.05, 0.1) is 22.9 Å². The monoisotopic (exact) mass is 291 g/mol. The zero-order valence-corrected chi connectivity index (χ0v) is 12.6. The molecule has 0 aliphatic heterocycles. The second-order valence-electron chi connectivity index (χ2n) is 5.47. The number of nitrogens with zero attached hydrogens (tertiary/aromatic N) is 2. The Labute approximate surface area is 129 Å². The van der Waals surface area contributed by atoms with E-state index in [0.717, 1.165) is 28.0 Å². The van der Waals surface area contributed by atoms with E-state index in [2.05, 4.69) is 15.3 Å². The van der Waals surface area contributed by atoms with Crippen molar-refractivity contribution < 1.29 is 4.79 Å². The molecule has 0 atom stereocenters. The molecule has 0 bridgehead atoms. The lowest BCUT2D eigenvalue weighted by Crippen LogP contribution is -2.17. The molecule has 3 rings (SSSR count). The molecule has 4 nitrogen and oxygen atoms in total. The molecular formula is C18H17N3O. The van der Waals surface area contributed by atoms with Gasteiger partial charge in [0.15, 0.2) is 0 Å². The smallest absolute Gasteiger partial charge is 0.226 e. The van der Waals surface area contributed by atoms with Crippen molar-refractivity contribution in [2.45, 2.75) is 13.8 Å². The van der Waals surface area contributed by atoms with Crippen LogP contribution >= 0.6 is 0 Å². The number of amides is 1. The Bertz CT molecular complexity index is 827. The van der Waals surface area contributed by atoms with Crippen molar-refractivity contribution in [3.63, 3.8) is 0 Å². The van der Waals surface area contributed by atoms with E-state index in [9.17, 15) is 4.79 Å². The predicted octanol–water partition coefficient (Wildman–Crippen LogP) is 3.89. The van der Waals surface area contributed by atoms with E-state index in [1.54, 1.807) is 6.20 Å². The first-order chi connectivity index (χ1) is 10.6. The topological polar surface area (TPSA) is 54.9 Å². The van der Waals surface area contributed by atoms with Crippen LogP contribution in [0.3, 0.4) is 0 Å². The Kier molecular flexibility index (Phi) is 3.83. The number of benzene rings is 2. The standard InChI is InChI=1S/C18H17N3O/c1-12(2)18(22)20-14-7-5-6-13(10-14)17-11-19-15-8-3-4-9-16(15)21-17/h3-12H,1-2H3,(H,20,22). The molecule has 0 saturated heterocycles. The normalized spacial score (nSPS) is 10.9. The van der Waals surface area contributed by atoms with Gasteiger partial charge in [-0.15, -0.1) is 0 Å². The summed E-state index contributed by atoms with van der Waals surface area (Å²) in [6.45, 7) is 3.74. The number of fused-ring (bicyclic) bond motifs is 1. The first-order valence-electron chi connectivity index (χ1n) is 7.26. The number of rotatable bonds is 3. The molecule has 0 saturated carbocycles. The SMILES string of the molecule is CC(C)C(=O)Nc1cccc(-c2cnc3ccccc3n2)c1. The summed E-state index contributed by atoms with van der Waals surface area (Å²) in [5, 5.41) is 2.90. The van der Waals surface area contributed by atoms with Crippen LogP contribution in [0.2, 0.25) is 0 Å². The number of carbonyl (C=O) groups excluding carboxylic acids is 1. The van der Waals surface area contributed by atoms with Crippen molar-refractivity contribution in [1.82, 2.24) is 9.97 Å². The number of anilines is 1. The van der Waals surface area contributed by atoms with Crippen LogP contribution in [0.25, 0.3) is 22.3 Å². The fourth-order valence-corrected chi connectivity index (χ4v) is 2.14. The first kappa shape index (κ1) is 14.2. The van der Waals surface area contributed by atoms with Crippen molar-refractivity contribution in [2.75, 3.05) is 5.32 Å². The van der Waals surface area contributed by atoms with Crippen LogP contribution in [0.15, 0.2) is 54.7 Å². The zero-order valence-electron chi connectivity index (χ0n) is 12.6. The van der Waals surface area contributed by atoms with Crippen molar-refractivity contribution >= 4 is 22.6 Å². The number of carbonyl (C=O) groups is 1. The summed E-state index contributed by atoms with van der Waals surface area (Å²) in [6.07, 6.45) is 1.76. The molecule has 1 heterocycles. The van der Waals surface area contributed by atoms with Gasteiger partial charge in [0.2, 0.25) is 5.91 Å². The van der Waals surface area contributed by atoms with Gasteiger partial charge < -0.3 is 5.32 Å². The fraction of sp³-hybridized carbons (Fsp3) is 0.167. The summed E-state index contributed by atoms with van der Waals surface area (Å²) in [7, 11) is 0. The minimum atomic E-state index is -0.0517. The lowest BCUT2D eigenvalue weighted by Gasteiger charge is -2.09. The molecule has 1 aromatic heterocycles. The molecule has 0 aliphatic carbocycles. The number of hydrogen-bond donors (Lipinski definition) is 1. The Balaban J connectivity index is 1.94. The molecule has 1 amide bonds. The molecular weight excluding hydrogens is 274 g/mol. The minimum Gasteiger partial charge on any atom is -0.326 e. The quantitative estimate of drug-likeness (QED) is 0.796. The van der Waals surface area contributed by atoms with Crippen molar-refractivity contribution in [3.8, 4) is 11.3 Å². The van der Waals surface area contributed by atoms with Crippen LogP contribution in [0, 0.1) is 5.92 Å². The minimum absolute atomic E-state index is 0.00162. The Morgan fingerprint density at radius 2 is 1.82 bits per heavy atom. The maximum absolute atomic E-state index is 11.8. The molecule has 0 fully saturated rings. The third-order valence-electron chi connectivity index (χ3n) is 3.40. The second-order valence-corrected chi connectivity index (χ2v) is 5.47. The molecule has 0 spiro atoms. The van der Waals surface area contributed by atoms with Crippen LogP contribution in [0.1, 0.15) is 13.8 Å². The summed E-state index contributed by atoms with van der Waals surface area (Å²) < 4.78 is 0. The molecule has 3 aromatic rings. The highest BCUT2D eigenvalue weighted by Gasteiger charge is 2.08. The van der Waals surface area contributed by atoms with Gasteiger partial charge in [0, 0.05) is 17.2 Å². The van der Waals surface area contributed by atoms with Crippen molar-refractivity contribution in [1.29, 1.82) is 0 Å². The second kappa shape index (κ2) is 5.93. The molecule has 2 aromatic carbocycles. The lowest BCUT2D eigenvalue weighted by molar-refractivity contribution is -0.118. The maximum atomic E-state index is 11.8. The van der Waals surface area contributed by atoms with Crippen molar-refractivity contribution in [2.24, 2.45) is 5.92 Å². The van der Waals surface area contributed by atoms with E-state index >= 15 is 0 Å². The lowest BCUT2D eigenvalue weighted by atomic mass is 10.1. The Morgan fingerprint density at radius 3 is 2.59 bits per heavy atom. The van der Waals surface area contributed by atoms with Crippen molar-refractivity contribution in [3.05, 3.63) is 54.7 Å². The number of para-hydroxylation sites is 2. The highest BCUT2D eigenvalue weighted by atomic mass is 16.1. The molecule has 0 unspecified atom stereocenters. The van der Waals surface area contributed by atoms with Crippen LogP contribution in [-0.2, 0) is 4.79 Å². The largest absolute Gasteiger partial charge is 0.326 e. The van der Waals surface area contributed by atoms with Crippen LogP contribution in [-0.4, -0.2) is 15.9 Å². The predicted molar refractivity (Wildman–Crippen MR) is 88.4 cm³/mol. The molecule has 0 radical (unpaired) electrons. The maximum Gasteiger partial charge on any atom is 0.226 e. The third-order valence-corrected chi connectivity index (χ3v) is 3.40. The molecule has 22 heavy (non-hydrogen) atoms. The van der Waals surface area contributed by atoms with E-state index in [1.165, 1.54) is 0 Å². The van der Waals surface area contributed by atoms with Gasteiger partial charge in [0.1, 0.15) is 0 Å². The highest BCUT2D eigenvalue weighted by molar-refractivity contribution is 5.92. The molecule has 4 heteroatoms. The number of nitrogens with one attached hydrogen (secondary N) is 1. The number of hydrogen-bond acceptors (Lipinski definition) is 3. The van der Waals surface area contributed by atoms with Gasteiger partial charge in [-0.1, -0.05) is 38.1 Å². The number of aromatic nitrogens is 2. The van der Waals surface area contributed by atoms with E-state index in [4.69, 9.17) is 0 Å². The van der Waals surface area contributed by atoms with Crippen LogP contribution < -0.4 is 5.32 Å². The summed E-state index contributed by atoms with van der Waals surface area (Å²) >= 11 is 0. The van der Waals surface area contributed by atoms with Gasteiger partial charge in [-0.25, -0.2) is 4.98 Å². The third kappa shape index (κ3) is 2.96.